The van der Waals surface area contributed by atoms with Crippen LogP contribution in [0.1, 0.15) is 10.4 Å². The Hall–Kier alpha value is -5.14. The predicted molar refractivity (Wildman–Crippen MR) is 135 cm³/mol. The van der Waals surface area contributed by atoms with E-state index in [1.165, 1.54) is 23.3 Å². The number of hydrogen-bond acceptors (Lipinski definition) is 7. The average Bonchev–Trinajstić information content (AvgIpc) is 3.32. The second-order valence-corrected chi connectivity index (χ2v) is 7.87. The van der Waals surface area contributed by atoms with Gasteiger partial charge in [-0.1, -0.05) is 35.9 Å². The van der Waals surface area contributed by atoms with Crippen molar-refractivity contribution >= 4 is 51.2 Å². The van der Waals surface area contributed by atoms with Crippen LogP contribution < -0.4 is 5.32 Å². The van der Waals surface area contributed by atoms with E-state index in [0.717, 1.165) is 0 Å². The van der Waals surface area contributed by atoms with Gasteiger partial charge >= 0.3 is 0 Å². The minimum absolute atomic E-state index is 0.00269. The summed E-state index contributed by atoms with van der Waals surface area (Å²) in [5.41, 5.74) is 0.690. The summed E-state index contributed by atoms with van der Waals surface area (Å²) >= 11 is 5.92. The smallest absolute Gasteiger partial charge is 0.259 e. The van der Waals surface area contributed by atoms with Gasteiger partial charge in [0.25, 0.3) is 17.5 Å². The van der Waals surface area contributed by atoms with Crippen molar-refractivity contribution in [1.29, 1.82) is 0 Å². The number of halogens is 1. The standard InChI is InChI=1S/C25H15ClN8O2/c1-27-20-14-30-34(25-28-11-4-12-29-25)23(20)33-32-21-18-6-3-2-5-15(18)13-19(22(21)35)24(36)31-17-9-7-16(26)8-10-17/h2-14,35H,(H,31,36). The van der Waals surface area contributed by atoms with Gasteiger partial charge in [0.15, 0.2) is 11.6 Å². The van der Waals surface area contributed by atoms with Crippen molar-refractivity contribution < 1.29 is 9.90 Å². The summed E-state index contributed by atoms with van der Waals surface area (Å²) < 4.78 is 1.27. The average molecular weight is 495 g/mol. The second kappa shape index (κ2) is 9.61. The van der Waals surface area contributed by atoms with Crippen LogP contribution in [-0.2, 0) is 0 Å². The number of nitrogens with zero attached hydrogens (tertiary/aromatic N) is 7. The van der Waals surface area contributed by atoms with Gasteiger partial charge in [0.05, 0.1) is 18.3 Å². The number of anilines is 1. The molecule has 0 saturated carbocycles. The topological polar surface area (TPSA) is 122 Å². The van der Waals surface area contributed by atoms with Crippen molar-refractivity contribution in [2.45, 2.75) is 0 Å². The van der Waals surface area contributed by atoms with Gasteiger partial charge in [-0.2, -0.15) is 9.78 Å². The number of rotatable bonds is 5. The highest BCUT2D eigenvalue weighted by Gasteiger charge is 2.20. The number of fused-ring (bicyclic) bond motifs is 1. The molecule has 0 radical (unpaired) electrons. The van der Waals surface area contributed by atoms with Crippen molar-refractivity contribution in [2.75, 3.05) is 5.32 Å². The molecule has 0 unspecified atom stereocenters. The van der Waals surface area contributed by atoms with Gasteiger partial charge in [-0.3, -0.25) is 4.79 Å². The second-order valence-electron chi connectivity index (χ2n) is 7.43. The first-order chi connectivity index (χ1) is 17.5. The molecule has 11 heteroatoms. The van der Waals surface area contributed by atoms with Gasteiger partial charge in [0.2, 0.25) is 0 Å². The molecule has 0 saturated heterocycles. The molecule has 174 valence electrons. The number of azo groups is 1. The fourth-order valence-corrected chi connectivity index (χ4v) is 3.60. The molecule has 1 amide bonds. The maximum absolute atomic E-state index is 13.0. The maximum Gasteiger partial charge on any atom is 0.259 e. The number of hydrogen-bond donors (Lipinski definition) is 2. The number of phenolic OH excluding ortho intramolecular Hbond substituents is 1. The highest BCUT2D eigenvalue weighted by atomic mass is 35.5. The van der Waals surface area contributed by atoms with Crippen molar-refractivity contribution in [2.24, 2.45) is 10.2 Å². The molecule has 0 bridgehead atoms. The van der Waals surface area contributed by atoms with E-state index in [-0.39, 0.29) is 34.5 Å². The zero-order valence-corrected chi connectivity index (χ0v) is 19.1. The highest BCUT2D eigenvalue weighted by molar-refractivity contribution is 6.30. The van der Waals surface area contributed by atoms with Crippen LogP contribution in [0.15, 0.2) is 89.5 Å². The predicted octanol–water partition coefficient (Wildman–Crippen LogP) is 6.39. The number of carbonyl (C=O) groups is 1. The molecule has 2 N–H and O–H groups in total. The number of benzene rings is 3. The highest BCUT2D eigenvalue weighted by Crippen LogP contribution is 2.40. The van der Waals surface area contributed by atoms with Gasteiger partial charge in [0, 0.05) is 28.5 Å². The zero-order valence-electron chi connectivity index (χ0n) is 18.4. The Bertz CT molecular complexity index is 1660. The fourth-order valence-electron chi connectivity index (χ4n) is 3.47. The lowest BCUT2D eigenvalue weighted by atomic mass is 10.0. The van der Waals surface area contributed by atoms with Crippen molar-refractivity contribution in [3.63, 3.8) is 0 Å². The first kappa shape index (κ1) is 22.6. The van der Waals surface area contributed by atoms with E-state index < -0.39 is 5.91 Å². The van der Waals surface area contributed by atoms with Gasteiger partial charge in [-0.25, -0.2) is 14.8 Å². The van der Waals surface area contributed by atoms with E-state index in [1.807, 2.05) is 0 Å². The molecular weight excluding hydrogens is 480 g/mol. The van der Waals surface area contributed by atoms with Crippen molar-refractivity contribution in [3.8, 4) is 11.7 Å². The van der Waals surface area contributed by atoms with E-state index in [0.29, 0.717) is 21.5 Å². The van der Waals surface area contributed by atoms with Gasteiger partial charge in [0.1, 0.15) is 5.69 Å². The van der Waals surface area contributed by atoms with E-state index >= 15 is 0 Å². The van der Waals surface area contributed by atoms with Crippen LogP contribution in [-0.4, -0.2) is 30.8 Å². The summed E-state index contributed by atoms with van der Waals surface area (Å²) in [5, 5.41) is 28.2. The summed E-state index contributed by atoms with van der Waals surface area (Å²) in [6.45, 7) is 7.45. The van der Waals surface area contributed by atoms with Gasteiger partial charge in [-0.15, -0.1) is 10.2 Å². The first-order valence-electron chi connectivity index (χ1n) is 10.5. The van der Waals surface area contributed by atoms with Crippen LogP contribution in [0, 0.1) is 6.57 Å². The lowest BCUT2D eigenvalue weighted by molar-refractivity contribution is 0.102. The molecule has 5 rings (SSSR count). The van der Waals surface area contributed by atoms with Crippen LogP contribution in [0.3, 0.4) is 0 Å². The minimum atomic E-state index is -0.540. The van der Waals surface area contributed by atoms with E-state index in [9.17, 15) is 9.90 Å². The number of nitrogens with one attached hydrogen (secondary N) is 1. The molecule has 0 aliphatic carbocycles. The molecule has 0 aliphatic rings. The van der Waals surface area contributed by atoms with E-state index in [4.69, 9.17) is 18.2 Å². The summed E-state index contributed by atoms with van der Waals surface area (Å²) in [4.78, 5) is 24.7. The lowest BCUT2D eigenvalue weighted by Crippen LogP contribution is -2.12. The Morgan fingerprint density at radius 1 is 1.06 bits per heavy atom. The number of phenols is 1. The van der Waals surface area contributed by atoms with Gasteiger partial charge < -0.3 is 10.4 Å². The normalized spacial score (nSPS) is 11.0. The lowest BCUT2D eigenvalue weighted by Gasteiger charge is -2.11. The summed E-state index contributed by atoms with van der Waals surface area (Å²) in [6.07, 6.45) is 4.39. The Kier molecular flexibility index (Phi) is 6.05. The van der Waals surface area contributed by atoms with E-state index in [2.05, 4.69) is 35.5 Å². The SMILES string of the molecule is [C-]#[N+]c1cnn(-c2ncccn2)c1N=Nc1c(O)c(C(=O)Nc2ccc(Cl)cc2)cc2ccccc12. The van der Waals surface area contributed by atoms with Crippen LogP contribution in [0.5, 0.6) is 5.75 Å². The third kappa shape index (κ3) is 4.34. The Labute approximate surface area is 209 Å². The molecule has 0 fully saturated rings. The third-order valence-corrected chi connectivity index (χ3v) is 5.43. The summed E-state index contributed by atoms with van der Waals surface area (Å²) in [7, 11) is 0. The monoisotopic (exact) mass is 494 g/mol. The number of aromatic hydroxyl groups is 1. The maximum atomic E-state index is 13.0. The van der Waals surface area contributed by atoms with Crippen LogP contribution in [0.2, 0.25) is 5.02 Å². The Balaban J connectivity index is 1.60. The zero-order chi connectivity index (χ0) is 25.1. The largest absolute Gasteiger partial charge is 0.505 e. The van der Waals surface area contributed by atoms with Crippen LogP contribution >= 0.6 is 11.6 Å². The number of amides is 1. The molecule has 36 heavy (non-hydrogen) atoms. The molecule has 3 aromatic carbocycles. The van der Waals surface area contributed by atoms with Crippen molar-refractivity contribution in [1.82, 2.24) is 19.7 Å². The summed E-state index contributed by atoms with van der Waals surface area (Å²) in [5.74, 6) is -0.626. The summed E-state index contributed by atoms with van der Waals surface area (Å²) in [6, 6.07) is 16.9. The van der Waals surface area contributed by atoms with Gasteiger partial charge in [-0.05, 0) is 41.8 Å². The third-order valence-electron chi connectivity index (χ3n) is 5.17. The molecular formula is C25H15ClN8O2. The molecule has 5 aromatic rings. The Morgan fingerprint density at radius 3 is 2.56 bits per heavy atom. The quantitative estimate of drug-likeness (QED) is 0.216. The molecule has 0 spiro atoms. The molecule has 10 nitrogen and oxygen atoms in total. The molecule has 2 aromatic heterocycles. The van der Waals surface area contributed by atoms with Crippen LogP contribution in [0.4, 0.5) is 22.9 Å². The molecule has 2 heterocycles. The van der Waals surface area contributed by atoms with Crippen LogP contribution in [0.25, 0.3) is 21.6 Å². The van der Waals surface area contributed by atoms with Crippen molar-refractivity contribution in [3.05, 3.63) is 101 Å². The minimum Gasteiger partial charge on any atom is -0.505 e. The fraction of sp³-hybridized carbons (Fsp3) is 0. The van der Waals surface area contributed by atoms with E-state index in [1.54, 1.807) is 60.7 Å². The molecule has 0 atom stereocenters. The number of aromatic nitrogens is 4. The Morgan fingerprint density at radius 2 is 1.81 bits per heavy atom. The number of carbonyl (C=O) groups excluding carboxylic acids is 1. The molecule has 0 aliphatic heterocycles. The first-order valence-corrected chi connectivity index (χ1v) is 10.9.